The molecule has 3 atom stereocenters. The molecule has 4 aromatic rings. The molecule has 1 aliphatic heterocycles. The van der Waals surface area contributed by atoms with Crippen LogP contribution in [0.2, 0.25) is 0 Å². The topological polar surface area (TPSA) is 25.0 Å². The molecule has 3 aromatic carbocycles. The zero-order valence-electron chi connectivity index (χ0n) is 15.9. The lowest BCUT2D eigenvalue weighted by atomic mass is 9.75. The van der Waals surface area contributed by atoms with E-state index in [4.69, 9.17) is 4.74 Å². The van der Waals surface area contributed by atoms with E-state index in [1.807, 2.05) is 0 Å². The van der Waals surface area contributed by atoms with Crippen LogP contribution in [0.15, 0.2) is 77.3 Å². The minimum Gasteiger partial charge on any atom is -0.483 e. The monoisotopic (exact) mass is 431 g/mol. The molecule has 0 spiro atoms. The van der Waals surface area contributed by atoms with E-state index in [-0.39, 0.29) is 12.0 Å². The average Bonchev–Trinajstić information content (AvgIpc) is 3.06. The van der Waals surface area contributed by atoms with Crippen molar-refractivity contribution in [3.63, 3.8) is 0 Å². The second-order valence-electron chi connectivity index (χ2n) is 7.66. The third kappa shape index (κ3) is 2.77. The molecule has 0 saturated heterocycles. The van der Waals surface area contributed by atoms with Crippen molar-refractivity contribution in [1.82, 2.24) is 4.98 Å². The van der Waals surface area contributed by atoms with Crippen LogP contribution in [0.5, 0.6) is 5.75 Å². The number of benzene rings is 3. The molecule has 2 heterocycles. The number of aromatic nitrogens is 1. The van der Waals surface area contributed by atoms with Crippen LogP contribution in [-0.2, 0) is 0 Å². The molecule has 2 nitrogen and oxygen atoms in total. The van der Waals surface area contributed by atoms with Gasteiger partial charge in [0.05, 0.1) is 5.69 Å². The van der Waals surface area contributed by atoms with E-state index >= 15 is 0 Å². The van der Waals surface area contributed by atoms with Gasteiger partial charge in [0.25, 0.3) is 0 Å². The summed E-state index contributed by atoms with van der Waals surface area (Å²) in [6, 6.07) is 25.6. The molecule has 5 rings (SSSR count). The minimum atomic E-state index is -0.0570. The standard InChI is InChI=1S/C25H22BrNO/c1-15-20-14-18(26)12-13-22(20)28-25(23(15)17-8-4-3-5-9-17)24-16(2)19-10-6-7-11-21(19)27-24/h3-15,23,25,27H,1-2H3/t15-,23+,25-/m1/s1. The first kappa shape index (κ1) is 17.6. The van der Waals surface area contributed by atoms with E-state index in [9.17, 15) is 0 Å². The molecule has 0 fully saturated rings. The SMILES string of the molecule is Cc1c([C@@H]2Oc3ccc(Br)cc3[C@@H](C)[C@H]2c2ccccc2)[nH]c2ccccc12. The molecule has 3 heteroatoms. The second-order valence-corrected chi connectivity index (χ2v) is 8.57. The number of hydrogen-bond acceptors (Lipinski definition) is 1. The Bertz CT molecular complexity index is 1150. The Hall–Kier alpha value is -2.52. The van der Waals surface area contributed by atoms with Crippen LogP contribution in [0.1, 0.15) is 47.2 Å². The highest BCUT2D eigenvalue weighted by atomic mass is 79.9. The number of hydrogen-bond donors (Lipinski definition) is 1. The molecule has 1 N–H and O–H groups in total. The molecule has 0 amide bonds. The van der Waals surface area contributed by atoms with Crippen LogP contribution in [-0.4, -0.2) is 4.98 Å². The maximum atomic E-state index is 6.67. The summed E-state index contributed by atoms with van der Waals surface area (Å²) < 4.78 is 7.76. The van der Waals surface area contributed by atoms with E-state index in [1.54, 1.807) is 0 Å². The van der Waals surface area contributed by atoms with Crippen molar-refractivity contribution >= 4 is 26.8 Å². The molecule has 0 bridgehead atoms. The zero-order valence-corrected chi connectivity index (χ0v) is 17.5. The molecule has 0 saturated carbocycles. The first-order valence-corrected chi connectivity index (χ1v) is 10.5. The molecular weight excluding hydrogens is 410 g/mol. The highest BCUT2D eigenvalue weighted by Gasteiger charge is 2.39. The van der Waals surface area contributed by atoms with E-state index in [0.29, 0.717) is 5.92 Å². The number of aryl methyl sites for hydroxylation is 1. The Morgan fingerprint density at radius 1 is 0.929 bits per heavy atom. The van der Waals surface area contributed by atoms with Gasteiger partial charge in [-0.25, -0.2) is 0 Å². The van der Waals surface area contributed by atoms with Crippen molar-refractivity contribution in [3.05, 3.63) is 99.7 Å². The smallest absolute Gasteiger partial charge is 0.146 e. The maximum absolute atomic E-state index is 6.67. The Morgan fingerprint density at radius 2 is 1.68 bits per heavy atom. The van der Waals surface area contributed by atoms with Crippen molar-refractivity contribution in [2.24, 2.45) is 0 Å². The molecule has 1 aliphatic rings. The number of aromatic amines is 1. The largest absolute Gasteiger partial charge is 0.483 e. The van der Waals surface area contributed by atoms with Crippen LogP contribution >= 0.6 is 15.9 Å². The van der Waals surface area contributed by atoms with Gasteiger partial charge < -0.3 is 9.72 Å². The molecule has 28 heavy (non-hydrogen) atoms. The van der Waals surface area contributed by atoms with Crippen LogP contribution in [0.25, 0.3) is 10.9 Å². The van der Waals surface area contributed by atoms with Crippen LogP contribution in [0.3, 0.4) is 0 Å². The summed E-state index contributed by atoms with van der Waals surface area (Å²) in [5.74, 6) is 1.54. The van der Waals surface area contributed by atoms with Crippen molar-refractivity contribution < 1.29 is 4.74 Å². The van der Waals surface area contributed by atoms with Gasteiger partial charge in [0.1, 0.15) is 11.9 Å². The third-order valence-corrected chi connectivity index (χ3v) is 6.55. The highest BCUT2D eigenvalue weighted by Crippen LogP contribution is 2.52. The predicted octanol–water partition coefficient (Wildman–Crippen LogP) is 7.26. The first-order valence-electron chi connectivity index (χ1n) is 9.71. The van der Waals surface area contributed by atoms with E-state index in [1.165, 1.54) is 33.3 Å². The fraction of sp³-hybridized carbons (Fsp3) is 0.200. The van der Waals surface area contributed by atoms with E-state index in [0.717, 1.165) is 10.2 Å². The average molecular weight is 432 g/mol. The summed E-state index contributed by atoms with van der Waals surface area (Å²) in [6.45, 7) is 4.51. The number of para-hydroxylation sites is 1. The lowest BCUT2D eigenvalue weighted by Gasteiger charge is -2.38. The van der Waals surface area contributed by atoms with Crippen LogP contribution in [0.4, 0.5) is 0 Å². The summed E-state index contributed by atoms with van der Waals surface area (Å²) in [6.07, 6.45) is -0.0570. The summed E-state index contributed by atoms with van der Waals surface area (Å²) >= 11 is 3.63. The summed E-state index contributed by atoms with van der Waals surface area (Å²) in [5.41, 5.74) is 6.18. The number of fused-ring (bicyclic) bond motifs is 2. The van der Waals surface area contributed by atoms with Crippen molar-refractivity contribution in [2.75, 3.05) is 0 Å². The molecule has 140 valence electrons. The Kier molecular flexibility index (Phi) is 4.28. The van der Waals surface area contributed by atoms with Crippen LogP contribution in [0, 0.1) is 6.92 Å². The fourth-order valence-electron chi connectivity index (χ4n) is 4.61. The third-order valence-electron chi connectivity index (χ3n) is 6.05. The molecule has 0 aliphatic carbocycles. The van der Waals surface area contributed by atoms with Gasteiger partial charge in [0.2, 0.25) is 0 Å². The van der Waals surface area contributed by atoms with Crippen molar-refractivity contribution in [3.8, 4) is 5.75 Å². The van der Waals surface area contributed by atoms with Crippen LogP contribution < -0.4 is 4.74 Å². The fourth-order valence-corrected chi connectivity index (χ4v) is 4.99. The van der Waals surface area contributed by atoms with E-state index < -0.39 is 0 Å². The first-order chi connectivity index (χ1) is 13.6. The lowest BCUT2D eigenvalue weighted by Crippen LogP contribution is -2.28. The number of rotatable bonds is 2. The number of halogens is 1. The van der Waals surface area contributed by atoms with Gasteiger partial charge in [-0.2, -0.15) is 0 Å². The second kappa shape index (κ2) is 6.82. The van der Waals surface area contributed by atoms with Gasteiger partial charge in [0, 0.05) is 21.3 Å². The summed E-state index contributed by atoms with van der Waals surface area (Å²) in [4.78, 5) is 3.66. The van der Waals surface area contributed by atoms with Gasteiger partial charge in [-0.15, -0.1) is 0 Å². The Morgan fingerprint density at radius 3 is 2.46 bits per heavy atom. The quantitative estimate of drug-likeness (QED) is 0.354. The number of nitrogens with one attached hydrogen (secondary N) is 1. The Labute approximate surface area is 173 Å². The maximum Gasteiger partial charge on any atom is 0.146 e. The molecule has 0 radical (unpaired) electrons. The lowest BCUT2D eigenvalue weighted by molar-refractivity contribution is 0.132. The van der Waals surface area contributed by atoms with E-state index in [2.05, 4.69) is 108 Å². The molecule has 0 unspecified atom stereocenters. The predicted molar refractivity (Wildman–Crippen MR) is 118 cm³/mol. The molecule has 1 aromatic heterocycles. The van der Waals surface area contributed by atoms with Gasteiger partial charge in [0.15, 0.2) is 0 Å². The van der Waals surface area contributed by atoms with Gasteiger partial charge in [-0.3, -0.25) is 0 Å². The van der Waals surface area contributed by atoms with Crippen molar-refractivity contribution in [1.29, 1.82) is 0 Å². The summed E-state index contributed by atoms with van der Waals surface area (Å²) in [7, 11) is 0. The van der Waals surface area contributed by atoms with Gasteiger partial charge in [-0.05, 0) is 53.8 Å². The summed E-state index contributed by atoms with van der Waals surface area (Å²) in [5, 5.41) is 1.27. The number of ether oxygens (including phenoxy) is 1. The number of H-pyrrole nitrogens is 1. The zero-order chi connectivity index (χ0) is 19.3. The van der Waals surface area contributed by atoms with Gasteiger partial charge >= 0.3 is 0 Å². The highest BCUT2D eigenvalue weighted by molar-refractivity contribution is 9.10. The van der Waals surface area contributed by atoms with Crippen molar-refractivity contribution in [2.45, 2.75) is 31.8 Å². The Balaban J connectivity index is 1.71. The molecular formula is C25H22BrNO. The minimum absolute atomic E-state index is 0.0570. The van der Waals surface area contributed by atoms with Gasteiger partial charge in [-0.1, -0.05) is 71.4 Å². The normalized spacial score (nSPS) is 21.3.